The fourth-order valence-electron chi connectivity index (χ4n) is 2.08. The molecule has 0 unspecified atom stereocenters. The van der Waals surface area contributed by atoms with Crippen LogP contribution in [-0.4, -0.2) is 85.3 Å². The number of hydrogen-bond acceptors (Lipinski definition) is 9. The SMILES string of the molecule is C=C(C)C(=O)OCCOCCOCCOCCOCCOCCOc1ccc(N)cc1. The van der Waals surface area contributed by atoms with Crippen LogP contribution in [-0.2, 0) is 33.2 Å². The molecule has 0 bridgehead atoms. The zero-order valence-electron chi connectivity index (χ0n) is 18.3. The quantitative estimate of drug-likeness (QED) is 0.140. The van der Waals surface area contributed by atoms with Gasteiger partial charge in [-0.15, -0.1) is 0 Å². The Bertz CT molecular complexity index is 594. The van der Waals surface area contributed by atoms with Crippen molar-refractivity contribution in [2.24, 2.45) is 0 Å². The van der Waals surface area contributed by atoms with Crippen LogP contribution in [0.25, 0.3) is 0 Å². The predicted molar refractivity (Wildman–Crippen MR) is 116 cm³/mol. The summed E-state index contributed by atoms with van der Waals surface area (Å²) < 4.78 is 37.3. The molecule has 0 fully saturated rings. The fourth-order valence-corrected chi connectivity index (χ4v) is 2.08. The lowest BCUT2D eigenvalue weighted by Gasteiger charge is -2.09. The van der Waals surface area contributed by atoms with E-state index in [0.29, 0.717) is 83.9 Å². The summed E-state index contributed by atoms with van der Waals surface area (Å²) in [5, 5.41) is 0. The van der Waals surface area contributed by atoms with Gasteiger partial charge in [0, 0.05) is 11.3 Å². The number of benzene rings is 1. The van der Waals surface area contributed by atoms with E-state index in [1.54, 1.807) is 19.1 Å². The maximum absolute atomic E-state index is 11.1. The summed E-state index contributed by atoms with van der Waals surface area (Å²) in [6.45, 7) is 10.4. The van der Waals surface area contributed by atoms with Gasteiger partial charge in [-0.25, -0.2) is 4.79 Å². The van der Waals surface area contributed by atoms with Crippen LogP contribution in [0.3, 0.4) is 0 Å². The normalized spacial score (nSPS) is 10.7. The summed E-state index contributed by atoms with van der Waals surface area (Å²) in [5.41, 5.74) is 6.69. The third kappa shape index (κ3) is 16.2. The number of nitrogens with two attached hydrogens (primary N) is 1. The molecule has 0 saturated heterocycles. The van der Waals surface area contributed by atoms with Crippen molar-refractivity contribution in [3.8, 4) is 5.75 Å². The number of esters is 1. The van der Waals surface area contributed by atoms with E-state index in [0.717, 1.165) is 5.75 Å². The molecule has 176 valence electrons. The maximum atomic E-state index is 11.1. The molecule has 0 saturated carbocycles. The second kappa shape index (κ2) is 18.6. The lowest BCUT2D eigenvalue weighted by molar-refractivity contribution is -0.140. The van der Waals surface area contributed by atoms with Crippen LogP contribution in [0.1, 0.15) is 6.92 Å². The maximum Gasteiger partial charge on any atom is 0.333 e. The lowest BCUT2D eigenvalue weighted by atomic mass is 10.3. The number of carbonyl (C=O) groups is 1. The minimum Gasteiger partial charge on any atom is -0.491 e. The van der Waals surface area contributed by atoms with Gasteiger partial charge >= 0.3 is 5.97 Å². The van der Waals surface area contributed by atoms with Gasteiger partial charge in [0.2, 0.25) is 0 Å². The smallest absolute Gasteiger partial charge is 0.333 e. The molecule has 9 nitrogen and oxygen atoms in total. The Hall–Kier alpha value is -2.17. The predicted octanol–water partition coefficient (Wildman–Crippen LogP) is 1.85. The second-order valence-corrected chi connectivity index (χ2v) is 6.40. The van der Waals surface area contributed by atoms with E-state index >= 15 is 0 Å². The molecule has 0 aromatic heterocycles. The molecule has 0 radical (unpaired) electrons. The topological polar surface area (TPSA) is 108 Å². The average Bonchev–Trinajstić information content (AvgIpc) is 2.76. The van der Waals surface area contributed by atoms with Crippen LogP contribution in [0.2, 0.25) is 0 Å². The lowest BCUT2D eigenvalue weighted by Crippen LogP contribution is -2.15. The van der Waals surface area contributed by atoms with Crippen LogP contribution < -0.4 is 10.5 Å². The molecule has 0 spiro atoms. The zero-order chi connectivity index (χ0) is 22.6. The van der Waals surface area contributed by atoms with E-state index < -0.39 is 5.97 Å². The van der Waals surface area contributed by atoms with Crippen LogP contribution in [0.15, 0.2) is 36.4 Å². The molecular formula is C22H35NO8. The van der Waals surface area contributed by atoms with Crippen molar-refractivity contribution in [1.29, 1.82) is 0 Å². The molecule has 1 rings (SSSR count). The van der Waals surface area contributed by atoms with Gasteiger partial charge < -0.3 is 38.9 Å². The number of rotatable bonds is 20. The van der Waals surface area contributed by atoms with Crippen LogP contribution >= 0.6 is 0 Å². The van der Waals surface area contributed by atoms with Gasteiger partial charge in [0.15, 0.2) is 0 Å². The van der Waals surface area contributed by atoms with Crippen molar-refractivity contribution in [3.63, 3.8) is 0 Å². The number of anilines is 1. The summed E-state index contributed by atoms with van der Waals surface area (Å²) in [5.74, 6) is 0.359. The van der Waals surface area contributed by atoms with Crippen molar-refractivity contribution in [1.82, 2.24) is 0 Å². The van der Waals surface area contributed by atoms with Gasteiger partial charge in [-0.1, -0.05) is 6.58 Å². The monoisotopic (exact) mass is 441 g/mol. The van der Waals surface area contributed by atoms with Crippen molar-refractivity contribution in [3.05, 3.63) is 36.4 Å². The molecule has 0 aliphatic rings. The minimum absolute atomic E-state index is 0.206. The number of hydrogen-bond donors (Lipinski definition) is 1. The van der Waals surface area contributed by atoms with Gasteiger partial charge in [0.05, 0.1) is 66.1 Å². The largest absolute Gasteiger partial charge is 0.491 e. The van der Waals surface area contributed by atoms with E-state index in [1.165, 1.54) is 0 Å². The standard InChI is InChI=1S/C22H35NO8/c1-19(2)22(24)31-18-16-29-14-12-27-10-8-25-7-9-26-11-13-28-15-17-30-21-5-3-20(23)4-6-21/h3-6H,1,7-18,23H2,2H3. The highest BCUT2D eigenvalue weighted by Crippen LogP contribution is 2.12. The van der Waals surface area contributed by atoms with E-state index in [-0.39, 0.29) is 6.61 Å². The Labute approximate surface area is 184 Å². The van der Waals surface area contributed by atoms with Crippen LogP contribution in [0.4, 0.5) is 5.69 Å². The van der Waals surface area contributed by atoms with Crippen molar-refractivity contribution in [2.45, 2.75) is 6.92 Å². The van der Waals surface area contributed by atoms with E-state index in [1.807, 2.05) is 12.1 Å². The first-order valence-corrected chi connectivity index (χ1v) is 10.3. The van der Waals surface area contributed by atoms with Crippen molar-refractivity contribution >= 4 is 11.7 Å². The molecule has 0 aliphatic heterocycles. The molecule has 2 N–H and O–H groups in total. The minimum atomic E-state index is -0.409. The van der Waals surface area contributed by atoms with E-state index in [2.05, 4.69) is 6.58 Å². The van der Waals surface area contributed by atoms with Crippen LogP contribution in [0.5, 0.6) is 5.75 Å². The van der Waals surface area contributed by atoms with E-state index in [4.69, 9.17) is 38.9 Å². The average molecular weight is 442 g/mol. The van der Waals surface area contributed by atoms with Gasteiger partial charge in [0.25, 0.3) is 0 Å². The molecule has 0 atom stereocenters. The number of carbonyl (C=O) groups excluding carboxylic acids is 1. The molecule has 0 aliphatic carbocycles. The van der Waals surface area contributed by atoms with Crippen molar-refractivity contribution in [2.75, 3.05) is 85.0 Å². The highest BCUT2D eigenvalue weighted by Gasteiger charge is 2.01. The van der Waals surface area contributed by atoms with Gasteiger partial charge in [-0.2, -0.15) is 0 Å². The summed E-state index contributed by atoms with van der Waals surface area (Å²) in [6, 6.07) is 7.23. The summed E-state index contributed by atoms with van der Waals surface area (Å²) in [7, 11) is 0. The van der Waals surface area contributed by atoms with E-state index in [9.17, 15) is 4.79 Å². The van der Waals surface area contributed by atoms with Gasteiger partial charge in [-0.05, 0) is 31.2 Å². The highest BCUT2D eigenvalue weighted by atomic mass is 16.6. The highest BCUT2D eigenvalue weighted by molar-refractivity contribution is 5.86. The second-order valence-electron chi connectivity index (χ2n) is 6.40. The number of ether oxygens (including phenoxy) is 7. The molecular weight excluding hydrogens is 406 g/mol. The molecule has 1 aromatic rings. The third-order valence-electron chi connectivity index (χ3n) is 3.67. The molecule has 31 heavy (non-hydrogen) atoms. The third-order valence-corrected chi connectivity index (χ3v) is 3.67. The number of nitrogen functional groups attached to an aromatic ring is 1. The molecule has 9 heteroatoms. The summed E-state index contributed by atoms with van der Waals surface area (Å²) in [6.07, 6.45) is 0. The molecule has 0 amide bonds. The Balaban J connectivity index is 1.72. The Morgan fingerprint density at radius 2 is 1.10 bits per heavy atom. The van der Waals surface area contributed by atoms with Crippen LogP contribution in [0, 0.1) is 0 Å². The summed E-state index contributed by atoms with van der Waals surface area (Å²) in [4.78, 5) is 11.1. The Morgan fingerprint density at radius 1 is 0.710 bits per heavy atom. The Morgan fingerprint density at radius 3 is 1.52 bits per heavy atom. The molecule has 0 heterocycles. The van der Waals surface area contributed by atoms with Crippen molar-refractivity contribution < 1.29 is 38.0 Å². The fraction of sp³-hybridized carbons (Fsp3) is 0.591. The first-order chi connectivity index (χ1) is 15.1. The van der Waals surface area contributed by atoms with Gasteiger partial charge in [0.1, 0.15) is 19.0 Å². The molecule has 1 aromatic carbocycles. The Kier molecular flexibility index (Phi) is 16.1. The zero-order valence-corrected chi connectivity index (χ0v) is 18.3. The first-order valence-electron chi connectivity index (χ1n) is 10.3. The summed E-state index contributed by atoms with van der Waals surface area (Å²) >= 11 is 0. The van der Waals surface area contributed by atoms with Gasteiger partial charge in [-0.3, -0.25) is 0 Å². The first kappa shape index (κ1) is 26.9.